The average Bonchev–Trinajstić information content (AvgIpc) is 2.34. The number of benzene rings is 1. The molecule has 0 heterocycles. The lowest BCUT2D eigenvalue weighted by molar-refractivity contribution is -0.180. The molecule has 0 fully saturated rings. The molecule has 0 aliphatic heterocycles. The fourth-order valence-corrected chi connectivity index (χ4v) is 2.87. The first-order valence-corrected chi connectivity index (χ1v) is 8.19. The summed E-state index contributed by atoms with van der Waals surface area (Å²) in [4.78, 5) is 0. The van der Waals surface area contributed by atoms with Crippen molar-refractivity contribution in [2.75, 3.05) is 0 Å². The van der Waals surface area contributed by atoms with Crippen LogP contribution in [0, 0.1) is 17.5 Å². The first-order valence-electron chi connectivity index (χ1n) is 6.62. The Bertz CT molecular complexity index is 393. The Balaban J connectivity index is 2.16. The van der Waals surface area contributed by atoms with Crippen LogP contribution < -0.4 is 0 Å². The zero-order valence-electron chi connectivity index (χ0n) is 11.1. The van der Waals surface area contributed by atoms with E-state index in [1.807, 2.05) is 0 Å². The third-order valence-corrected chi connectivity index (χ3v) is 4.27. The third kappa shape index (κ3) is 6.51. The second-order valence-corrected chi connectivity index (χ2v) is 6.01. The molecular formula is C13H19F3O3Si. The minimum absolute atomic E-state index is 0.0625. The monoisotopic (exact) mass is 308 g/mol. The molecule has 0 unspecified atom stereocenters. The van der Waals surface area contributed by atoms with Crippen LogP contribution in [0.3, 0.4) is 0 Å². The van der Waals surface area contributed by atoms with E-state index >= 15 is 0 Å². The van der Waals surface area contributed by atoms with Gasteiger partial charge in [-0.1, -0.05) is 19.3 Å². The largest absolute Gasteiger partial charge is 0.379 e. The third-order valence-electron chi connectivity index (χ3n) is 2.94. The van der Waals surface area contributed by atoms with E-state index in [0.29, 0.717) is 18.6 Å². The van der Waals surface area contributed by atoms with E-state index < -0.39 is 33.7 Å². The highest BCUT2D eigenvalue weighted by Crippen LogP contribution is 2.18. The lowest BCUT2D eigenvalue weighted by atomic mass is 10.1. The second kappa shape index (κ2) is 9.12. The Morgan fingerprint density at radius 1 is 1.00 bits per heavy atom. The lowest BCUT2D eigenvalue weighted by Crippen LogP contribution is -2.12. The Hall–Kier alpha value is -0.893. The highest BCUT2D eigenvalue weighted by molar-refractivity contribution is 6.26. The van der Waals surface area contributed by atoms with Crippen molar-refractivity contribution in [3.8, 4) is 0 Å². The quantitative estimate of drug-likeness (QED) is 0.417. The fourth-order valence-electron chi connectivity index (χ4n) is 1.93. The van der Waals surface area contributed by atoms with Crippen molar-refractivity contribution >= 4 is 9.76 Å². The summed E-state index contributed by atoms with van der Waals surface area (Å²) in [6, 6.07) is 2.22. The van der Waals surface area contributed by atoms with Gasteiger partial charge in [-0.15, -0.1) is 0 Å². The van der Waals surface area contributed by atoms with Crippen molar-refractivity contribution in [1.82, 2.24) is 0 Å². The van der Waals surface area contributed by atoms with Crippen molar-refractivity contribution in [3.05, 3.63) is 35.1 Å². The summed E-state index contributed by atoms with van der Waals surface area (Å²) in [6.07, 6.45) is 3.48. The Kier molecular flexibility index (Phi) is 7.82. The highest BCUT2D eigenvalue weighted by Gasteiger charge is 2.10. The van der Waals surface area contributed by atoms with Crippen LogP contribution in [0.1, 0.15) is 31.2 Å². The first-order chi connectivity index (χ1) is 9.50. The topological polar surface area (TPSA) is 49.7 Å². The van der Waals surface area contributed by atoms with Gasteiger partial charge in [0.1, 0.15) is 17.5 Å². The van der Waals surface area contributed by atoms with Crippen molar-refractivity contribution < 1.29 is 27.8 Å². The summed E-state index contributed by atoms with van der Waals surface area (Å²) >= 11 is 0. The van der Waals surface area contributed by atoms with Gasteiger partial charge >= 0.3 is 0 Å². The van der Waals surface area contributed by atoms with Crippen molar-refractivity contribution in [2.24, 2.45) is 0 Å². The number of rotatable bonds is 9. The maximum absolute atomic E-state index is 13.3. The van der Waals surface area contributed by atoms with Gasteiger partial charge in [0.05, 0.1) is 0 Å². The lowest BCUT2D eigenvalue weighted by Gasteiger charge is -2.06. The summed E-state index contributed by atoms with van der Waals surface area (Å²) in [5, 5.41) is 16.9. The average molecular weight is 308 g/mol. The number of aliphatic hydroxyl groups excluding tert-OH is 1. The molecule has 0 saturated heterocycles. The standard InChI is InChI=1S/C13H19F3O3Si/c14-9-7-11(15)10(12(16)8-9)5-3-1-2-4-6-20-19-13(17)18/h7-8,13,17-18H,1-6,20H2. The van der Waals surface area contributed by atoms with Crippen LogP contribution >= 0.6 is 0 Å². The van der Waals surface area contributed by atoms with E-state index in [-0.39, 0.29) is 12.0 Å². The maximum atomic E-state index is 13.3. The van der Waals surface area contributed by atoms with Crippen LogP contribution in [0.2, 0.25) is 6.04 Å². The van der Waals surface area contributed by atoms with Crippen molar-refractivity contribution in [1.29, 1.82) is 0 Å². The molecule has 114 valence electrons. The van der Waals surface area contributed by atoms with E-state index in [0.717, 1.165) is 25.3 Å². The van der Waals surface area contributed by atoms with Gasteiger partial charge in [0.2, 0.25) is 0 Å². The van der Waals surface area contributed by atoms with Crippen molar-refractivity contribution in [2.45, 2.75) is 44.6 Å². The molecule has 0 atom stereocenters. The van der Waals surface area contributed by atoms with Gasteiger partial charge in [-0.3, -0.25) is 0 Å². The van der Waals surface area contributed by atoms with Crippen LogP contribution in [-0.4, -0.2) is 26.5 Å². The molecule has 0 radical (unpaired) electrons. The molecule has 3 nitrogen and oxygen atoms in total. The minimum atomic E-state index is -1.67. The molecule has 1 aromatic carbocycles. The van der Waals surface area contributed by atoms with E-state index in [1.165, 1.54) is 0 Å². The van der Waals surface area contributed by atoms with Crippen LogP contribution in [0.4, 0.5) is 13.2 Å². The number of unbranched alkanes of at least 4 members (excludes halogenated alkanes) is 3. The Morgan fingerprint density at radius 3 is 2.20 bits per heavy atom. The normalized spacial score (nSPS) is 11.9. The number of aliphatic hydroxyl groups is 2. The van der Waals surface area contributed by atoms with Gasteiger partial charge in [-0.05, 0) is 18.9 Å². The number of halogens is 3. The van der Waals surface area contributed by atoms with E-state index in [9.17, 15) is 13.2 Å². The molecule has 0 aliphatic carbocycles. The molecule has 0 saturated carbocycles. The van der Waals surface area contributed by atoms with E-state index in [1.54, 1.807) is 0 Å². The predicted octanol–water partition coefficient (Wildman–Crippen LogP) is 1.99. The molecule has 1 rings (SSSR count). The molecule has 0 aliphatic rings. The molecule has 7 heteroatoms. The zero-order chi connectivity index (χ0) is 15.0. The Labute approximate surface area is 118 Å². The van der Waals surface area contributed by atoms with Crippen LogP contribution in [-0.2, 0) is 10.8 Å². The molecule has 20 heavy (non-hydrogen) atoms. The smallest absolute Gasteiger partial charge is 0.256 e. The number of hydrogen-bond acceptors (Lipinski definition) is 3. The number of hydrogen-bond donors (Lipinski definition) is 2. The molecule has 0 aromatic heterocycles. The fraction of sp³-hybridized carbons (Fsp3) is 0.538. The van der Waals surface area contributed by atoms with Crippen LogP contribution in [0.5, 0.6) is 0 Å². The van der Waals surface area contributed by atoms with Gasteiger partial charge in [0.15, 0.2) is 9.76 Å². The highest BCUT2D eigenvalue weighted by atomic mass is 28.2. The molecule has 1 aromatic rings. The summed E-state index contributed by atoms with van der Waals surface area (Å²) in [5.41, 5.74) is -0.0625. The second-order valence-electron chi connectivity index (χ2n) is 4.56. The SMILES string of the molecule is OC(O)O[SiH2]CCCCCCc1c(F)cc(F)cc1F. The van der Waals surface area contributed by atoms with Gasteiger partial charge in [0.25, 0.3) is 6.48 Å². The Morgan fingerprint density at radius 2 is 1.60 bits per heavy atom. The first kappa shape index (κ1) is 17.2. The van der Waals surface area contributed by atoms with Gasteiger partial charge in [-0.2, -0.15) is 0 Å². The summed E-state index contributed by atoms with van der Waals surface area (Å²) in [6.45, 7) is -1.67. The molecular weight excluding hydrogens is 289 g/mol. The molecule has 2 N–H and O–H groups in total. The van der Waals surface area contributed by atoms with Crippen LogP contribution in [0.25, 0.3) is 0 Å². The zero-order valence-corrected chi connectivity index (χ0v) is 12.5. The van der Waals surface area contributed by atoms with Gasteiger partial charge < -0.3 is 14.6 Å². The summed E-state index contributed by atoms with van der Waals surface area (Å²) in [7, 11) is -0.900. The van der Waals surface area contributed by atoms with Gasteiger partial charge in [0, 0.05) is 17.7 Å². The maximum Gasteiger partial charge on any atom is 0.256 e. The van der Waals surface area contributed by atoms with Crippen molar-refractivity contribution in [3.63, 3.8) is 0 Å². The summed E-state index contributed by atoms with van der Waals surface area (Å²) < 4.78 is 44.0. The minimum Gasteiger partial charge on any atom is -0.379 e. The molecule has 0 bridgehead atoms. The van der Waals surface area contributed by atoms with Gasteiger partial charge in [-0.25, -0.2) is 13.2 Å². The van der Waals surface area contributed by atoms with Crippen LogP contribution in [0.15, 0.2) is 12.1 Å². The molecule has 0 amide bonds. The predicted molar refractivity (Wildman–Crippen MR) is 71.1 cm³/mol. The molecule has 0 spiro atoms. The van der Waals surface area contributed by atoms with E-state index in [2.05, 4.69) is 4.43 Å². The summed E-state index contributed by atoms with van der Waals surface area (Å²) in [5.74, 6) is -2.57. The van der Waals surface area contributed by atoms with E-state index in [4.69, 9.17) is 10.2 Å².